The molecular weight excluding hydrogens is 254 g/mol. The second-order valence-corrected chi connectivity index (χ2v) is 5.30. The molecule has 2 rings (SSSR count). The van der Waals surface area contributed by atoms with E-state index in [4.69, 9.17) is 5.11 Å². The molecule has 96 valence electrons. The van der Waals surface area contributed by atoms with Crippen LogP contribution in [0.4, 0.5) is 5.82 Å². The van der Waals surface area contributed by atoms with Gasteiger partial charge in [-0.2, -0.15) is 4.40 Å². The number of fused-ring (bicyclic) bond motifs is 1. The molecule has 2 aromatic rings. The van der Waals surface area contributed by atoms with E-state index in [2.05, 4.69) is 4.98 Å². The third-order valence-electron chi connectivity index (χ3n) is 2.51. The molecule has 7 heteroatoms. The summed E-state index contributed by atoms with van der Waals surface area (Å²) >= 11 is 1.45. The number of pyridine rings is 1. The molecule has 0 aromatic carbocycles. The lowest BCUT2D eigenvalue weighted by Crippen LogP contribution is -2.03. The fourth-order valence-corrected chi connectivity index (χ4v) is 2.34. The van der Waals surface area contributed by atoms with Crippen LogP contribution < -0.4 is 0 Å². The Bertz CT molecular complexity index is 570. The van der Waals surface area contributed by atoms with Crippen molar-refractivity contribution < 1.29 is 10.0 Å². The van der Waals surface area contributed by atoms with Crippen molar-refractivity contribution in [1.29, 1.82) is 0 Å². The molecule has 0 aliphatic rings. The van der Waals surface area contributed by atoms with Gasteiger partial charge < -0.3 is 15.2 Å². The summed E-state index contributed by atoms with van der Waals surface area (Å²) in [6, 6.07) is 5.25. The predicted molar refractivity (Wildman–Crippen MR) is 69.7 cm³/mol. The van der Waals surface area contributed by atoms with Crippen LogP contribution in [0.25, 0.3) is 5.65 Å². The van der Waals surface area contributed by atoms with Crippen molar-refractivity contribution in [3.05, 3.63) is 40.2 Å². The number of hydrogen-bond acceptors (Lipinski definition) is 5. The van der Waals surface area contributed by atoms with E-state index in [1.165, 1.54) is 16.2 Å². The van der Waals surface area contributed by atoms with Crippen LogP contribution in [-0.4, -0.2) is 31.3 Å². The first-order valence-electron chi connectivity index (χ1n) is 5.46. The number of aliphatic hydroxyl groups is 1. The third kappa shape index (κ3) is 2.46. The second kappa shape index (κ2) is 5.36. The Labute approximate surface area is 108 Å². The number of nitro groups is 1. The van der Waals surface area contributed by atoms with E-state index in [0.717, 1.165) is 0 Å². The highest BCUT2D eigenvalue weighted by Crippen LogP contribution is 2.26. The van der Waals surface area contributed by atoms with Gasteiger partial charge in [0.1, 0.15) is 5.69 Å². The maximum Gasteiger partial charge on any atom is 0.351 e. The topological polar surface area (TPSA) is 80.7 Å². The molecule has 2 heterocycles. The second-order valence-electron chi connectivity index (χ2n) is 3.87. The maximum absolute atomic E-state index is 11.1. The van der Waals surface area contributed by atoms with E-state index < -0.39 is 4.92 Å². The molecule has 0 spiro atoms. The molecule has 1 unspecified atom stereocenters. The van der Waals surface area contributed by atoms with E-state index in [0.29, 0.717) is 17.1 Å². The van der Waals surface area contributed by atoms with E-state index in [9.17, 15) is 10.1 Å². The zero-order valence-electron chi connectivity index (χ0n) is 9.81. The third-order valence-corrected chi connectivity index (χ3v) is 3.67. The fourth-order valence-electron chi connectivity index (χ4n) is 1.60. The Kier molecular flexibility index (Phi) is 3.83. The molecular formula is C11H13N3O3S. The molecule has 0 saturated heterocycles. The molecule has 0 fully saturated rings. The molecule has 6 nitrogen and oxygen atoms in total. The molecule has 18 heavy (non-hydrogen) atoms. The highest BCUT2D eigenvalue weighted by atomic mass is 32.2. The van der Waals surface area contributed by atoms with E-state index >= 15 is 0 Å². The Morgan fingerprint density at radius 3 is 3.06 bits per heavy atom. The first-order chi connectivity index (χ1) is 8.63. The van der Waals surface area contributed by atoms with Crippen molar-refractivity contribution in [3.8, 4) is 0 Å². The van der Waals surface area contributed by atoms with Gasteiger partial charge in [0.25, 0.3) is 0 Å². The molecule has 0 radical (unpaired) electrons. The number of aliphatic hydroxyl groups excluding tert-OH is 1. The summed E-state index contributed by atoms with van der Waals surface area (Å²) < 4.78 is 1.47. The normalized spacial score (nSPS) is 12.8. The van der Waals surface area contributed by atoms with Crippen LogP contribution in [0.1, 0.15) is 12.6 Å². The van der Waals surface area contributed by atoms with E-state index in [-0.39, 0.29) is 17.7 Å². The van der Waals surface area contributed by atoms with Crippen molar-refractivity contribution in [3.63, 3.8) is 0 Å². The standard InChI is InChI=1S/C11H13N3O3S/c1-8(6-15)18-7-9-11(14(16)17)13-5-3-2-4-10(13)12-9/h2-5,8,15H,6-7H2,1H3. The number of nitrogens with zero attached hydrogens (tertiary/aromatic N) is 3. The summed E-state index contributed by atoms with van der Waals surface area (Å²) in [6.07, 6.45) is 1.63. The lowest BCUT2D eigenvalue weighted by molar-refractivity contribution is -0.391. The van der Waals surface area contributed by atoms with Crippen LogP contribution in [0.2, 0.25) is 0 Å². The van der Waals surface area contributed by atoms with Crippen LogP contribution in [0.15, 0.2) is 24.4 Å². The minimum Gasteiger partial charge on any atom is -0.395 e. The first kappa shape index (κ1) is 12.8. The largest absolute Gasteiger partial charge is 0.395 e. The number of rotatable bonds is 5. The molecule has 2 aromatic heterocycles. The maximum atomic E-state index is 11.1. The van der Waals surface area contributed by atoms with Crippen molar-refractivity contribution in [2.75, 3.05) is 6.61 Å². The fraction of sp³-hybridized carbons (Fsp3) is 0.364. The van der Waals surface area contributed by atoms with Crippen LogP contribution in [0.5, 0.6) is 0 Å². The average molecular weight is 267 g/mol. The summed E-state index contributed by atoms with van der Waals surface area (Å²) in [7, 11) is 0. The number of aromatic nitrogens is 2. The van der Waals surface area contributed by atoms with Crippen molar-refractivity contribution in [2.24, 2.45) is 0 Å². The van der Waals surface area contributed by atoms with Gasteiger partial charge in [0.2, 0.25) is 5.65 Å². The highest BCUT2D eigenvalue weighted by molar-refractivity contribution is 7.99. The molecule has 0 aliphatic heterocycles. The van der Waals surface area contributed by atoms with Gasteiger partial charge in [0, 0.05) is 17.1 Å². The highest BCUT2D eigenvalue weighted by Gasteiger charge is 2.22. The number of hydrogen-bond donors (Lipinski definition) is 1. The molecule has 1 atom stereocenters. The van der Waals surface area contributed by atoms with Gasteiger partial charge in [-0.05, 0) is 11.0 Å². The average Bonchev–Trinajstić information content (AvgIpc) is 2.74. The Hall–Kier alpha value is -1.60. The molecule has 0 aliphatic carbocycles. The Balaban J connectivity index is 2.37. The Morgan fingerprint density at radius 2 is 2.39 bits per heavy atom. The molecule has 0 saturated carbocycles. The zero-order chi connectivity index (χ0) is 13.1. The molecule has 0 amide bonds. The van der Waals surface area contributed by atoms with Crippen molar-refractivity contribution in [2.45, 2.75) is 17.9 Å². The van der Waals surface area contributed by atoms with Crippen LogP contribution >= 0.6 is 11.8 Å². The van der Waals surface area contributed by atoms with Gasteiger partial charge in [-0.25, -0.2) is 4.98 Å². The lowest BCUT2D eigenvalue weighted by Gasteiger charge is -2.05. The minimum atomic E-state index is -0.417. The van der Waals surface area contributed by atoms with Gasteiger partial charge >= 0.3 is 5.82 Å². The summed E-state index contributed by atoms with van der Waals surface area (Å²) in [5.41, 5.74) is 1.01. The molecule has 1 N–H and O–H groups in total. The minimum absolute atomic E-state index is 0.00300. The zero-order valence-corrected chi connectivity index (χ0v) is 10.6. The SMILES string of the molecule is CC(CO)SCc1nc2ccccn2c1[N+](=O)[O-]. The lowest BCUT2D eigenvalue weighted by atomic mass is 10.5. The van der Waals surface area contributed by atoms with Gasteiger partial charge in [0.05, 0.1) is 12.8 Å². The van der Waals surface area contributed by atoms with Crippen LogP contribution in [0.3, 0.4) is 0 Å². The van der Waals surface area contributed by atoms with Gasteiger partial charge in [0.15, 0.2) is 0 Å². The monoisotopic (exact) mass is 267 g/mol. The van der Waals surface area contributed by atoms with E-state index in [1.54, 1.807) is 24.4 Å². The number of thioether (sulfide) groups is 1. The van der Waals surface area contributed by atoms with Gasteiger partial charge in [-0.3, -0.25) is 0 Å². The first-order valence-corrected chi connectivity index (χ1v) is 6.51. The smallest absolute Gasteiger partial charge is 0.351 e. The summed E-state index contributed by atoms with van der Waals surface area (Å²) in [4.78, 5) is 14.9. The van der Waals surface area contributed by atoms with Gasteiger partial charge in [-0.15, -0.1) is 11.8 Å². The quantitative estimate of drug-likeness (QED) is 0.660. The van der Waals surface area contributed by atoms with E-state index in [1.807, 2.05) is 6.92 Å². The Morgan fingerprint density at radius 1 is 1.61 bits per heavy atom. The summed E-state index contributed by atoms with van der Waals surface area (Å²) in [5.74, 6) is 0.419. The summed E-state index contributed by atoms with van der Waals surface area (Å²) in [5, 5.41) is 20.1. The summed E-state index contributed by atoms with van der Waals surface area (Å²) in [6.45, 7) is 1.91. The van der Waals surface area contributed by atoms with Gasteiger partial charge in [-0.1, -0.05) is 13.0 Å². The van der Waals surface area contributed by atoms with Crippen molar-refractivity contribution in [1.82, 2.24) is 9.38 Å². The number of imidazole rings is 1. The van der Waals surface area contributed by atoms with Crippen LogP contribution in [0, 0.1) is 10.1 Å². The van der Waals surface area contributed by atoms with Crippen LogP contribution in [-0.2, 0) is 5.75 Å². The predicted octanol–water partition coefficient (Wildman–Crippen LogP) is 1.86. The molecule has 0 bridgehead atoms. The van der Waals surface area contributed by atoms with Crippen molar-refractivity contribution >= 4 is 23.2 Å².